The molecule has 3 rings (SSSR count). The summed E-state index contributed by atoms with van der Waals surface area (Å²) in [4.78, 5) is 28.9. The number of nitrogens with zero attached hydrogens (tertiary/aromatic N) is 2. The number of anilines is 2. The van der Waals surface area contributed by atoms with Crippen molar-refractivity contribution in [1.82, 2.24) is 10.2 Å². The van der Waals surface area contributed by atoms with E-state index in [1.807, 2.05) is 19.9 Å². The van der Waals surface area contributed by atoms with Crippen molar-refractivity contribution in [2.45, 2.75) is 26.3 Å². The molecule has 0 bridgehead atoms. The Labute approximate surface area is 187 Å². The molecule has 0 saturated carbocycles. The van der Waals surface area contributed by atoms with Gasteiger partial charge in [0.1, 0.15) is 5.82 Å². The second-order valence-corrected chi connectivity index (χ2v) is 8.16. The molecule has 8 heteroatoms. The highest BCUT2D eigenvalue weighted by Crippen LogP contribution is 2.22. The minimum absolute atomic E-state index is 0.101. The van der Waals surface area contributed by atoms with Gasteiger partial charge in [-0.25, -0.2) is 4.39 Å². The summed E-state index contributed by atoms with van der Waals surface area (Å²) in [6.07, 6.45) is 0.168. The van der Waals surface area contributed by atoms with Crippen LogP contribution in [-0.2, 0) is 9.59 Å². The van der Waals surface area contributed by atoms with Crippen LogP contribution in [0.2, 0.25) is 5.02 Å². The molecule has 166 valence electrons. The first-order chi connectivity index (χ1) is 14.8. The van der Waals surface area contributed by atoms with Crippen LogP contribution in [0.5, 0.6) is 0 Å². The Morgan fingerprint density at radius 2 is 1.77 bits per heavy atom. The molecule has 0 aromatic heterocycles. The Bertz CT molecular complexity index is 914. The number of hydrogen-bond donors (Lipinski definition) is 2. The summed E-state index contributed by atoms with van der Waals surface area (Å²) in [5, 5.41) is 6.10. The largest absolute Gasteiger partial charge is 0.369 e. The van der Waals surface area contributed by atoms with Gasteiger partial charge in [-0.1, -0.05) is 17.7 Å². The number of hydrogen-bond acceptors (Lipinski definition) is 4. The zero-order valence-electron chi connectivity index (χ0n) is 17.8. The van der Waals surface area contributed by atoms with Gasteiger partial charge in [-0.3, -0.25) is 14.5 Å². The summed E-state index contributed by atoms with van der Waals surface area (Å²) in [6, 6.07) is 11.6. The third-order valence-electron chi connectivity index (χ3n) is 5.48. The van der Waals surface area contributed by atoms with Crippen LogP contribution in [0.3, 0.4) is 0 Å². The van der Waals surface area contributed by atoms with Crippen molar-refractivity contribution >= 4 is 34.8 Å². The Balaban J connectivity index is 1.39. The quantitative estimate of drug-likeness (QED) is 0.683. The summed E-state index contributed by atoms with van der Waals surface area (Å²) >= 11 is 6.13. The molecule has 6 nitrogen and oxygen atoms in total. The molecule has 0 spiro atoms. The monoisotopic (exact) mass is 446 g/mol. The number of halogens is 2. The van der Waals surface area contributed by atoms with E-state index in [0.717, 1.165) is 37.4 Å². The zero-order valence-corrected chi connectivity index (χ0v) is 18.6. The molecule has 0 radical (unpaired) electrons. The molecular weight excluding hydrogens is 419 g/mol. The minimum Gasteiger partial charge on any atom is -0.369 e. The first-order valence-corrected chi connectivity index (χ1v) is 10.8. The molecule has 2 aromatic carbocycles. The van der Waals surface area contributed by atoms with E-state index in [0.29, 0.717) is 10.7 Å². The molecule has 0 aliphatic carbocycles. The lowest BCUT2D eigenvalue weighted by molar-refractivity contribution is -0.126. The lowest BCUT2D eigenvalue weighted by Gasteiger charge is -2.38. The van der Waals surface area contributed by atoms with Crippen LogP contribution in [-0.4, -0.2) is 55.5 Å². The van der Waals surface area contributed by atoms with E-state index in [1.165, 1.54) is 12.1 Å². The number of piperazine rings is 1. The smallest absolute Gasteiger partial charge is 0.237 e. The van der Waals surface area contributed by atoms with E-state index in [2.05, 4.69) is 20.4 Å². The average Bonchev–Trinajstić information content (AvgIpc) is 2.76. The number of aryl methyl sites for hydroxylation is 1. The molecule has 1 unspecified atom stereocenters. The van der Waals surface area contributed by atoms with Crippen molar-refractivity contribution in [1.29, 1.82) is 0 Å². The number of carbonyl (C=O) groups excluding carboxylic acids is 2. The van der Waals surface area contributed by atoms with Gasteiger partial charge in [0, 0.05) is 44.8 Å². The third kappa shape index (κ3) is 6.42. The standard InChI is InChI=1S/C23H28ClFN4O2/c1-16-3-8-21(20(24)15-16)27-22(30)9-10-26-23(31)17(2)28-11-13-29(14-12-28)19-6-4-18(25)5-7-19/h3-8,15,17H,9-14H2,1-2H3,(H,26,31)(H,27,30). The van der Waals surface area contributed by atoms with Crippen molar-refractivity contribution in [3.05, 3.63) is 58.9 Å². The van der Waals surface area contributed by atoms with Crippen LogP contribution in [0.1, 0.15) is 18.9 Å². The maximum Gasteiger partial charge on any atom is 0.237 e. The van der Waals surface area contributed by atoms with Crippen LogP contribution >= 0.6 is 11.6 Å². The van der Waals surface area contributed by atoms with E-state index in [9.17, 15) is 14.0 Å². The van der Waals surface area contributed by atoms with Gasteiger partial charge in [0.05, 0.1) is 16.8 Å². The van der Waals surface area contributed by atoms with Gasteiger partial charge in [0.2, 0.25) is 11.8 Å². The molecular formula is C23H28ClFN4O2. The van der Waals surface area contributed by atoms with E-state index in [1.54, 1.807) is 24.3 Å². The number of benzene rings is 2. The molecule has 2 N–H and O–H groups in total. The van der Waals surface area contributed by atoms with Gasteiger partial charge in [-0.2, -0.15) is 0 Å². The third-order valence-corrected chi connectivity index (χ3v) is 5.80. The van der Waals surface area contributed by atoms with Gasteiger partial charge in [-0.05, 0) is 55.8 Å². The van der Waals surface area contributed by atoms with Crippen LogP contribution in [0.4, 0.5) is 15.8 Å². The maximum absolute atomic E-state index is 13.1. The van der Waals surface area contributed by atoms with Gasteiger partial charge >= 0.3 is 0 Å². The fraction of sp³-hybridized carbons (Fsp3) is 0.391. The van der Waals surface area contributed by atoms with Crippen molar-refractivity contribution in [3.63, 3.8) is 0 Å². The average molecular weight is 447 g/mol. The van der Waals surface area contributed by atoms with Crippen LogP contribution in [0.15, 0.2) is 42.5 Å². The van der Waals surface area contributed by atoms with Crippen molar-refractivity contribution in [3.8, 4) is 0 Å². The molecule has 1 atom stereocenters. The summed E-state index contributed by atoms with van der Waals surface area (Å²) < 4.78 is 13.1. The Morgan fingerprint density at radius 1 is 1.10 bits per heavy atom. The number of rotatable bonds is 7. The second-order valence-electron chi connectivity index (χ2n) is 7.75. The highest BCUT2D eigenvalue weighted by atomic mass is 35.5. The molecule has 1 fully saturated rings. The van der Waals surface area contributed by atoms with Crippen LogP contribution in [0, 0.1) is 12.7 Å². The highest BCUT2D eigenvalue weighted by molar-refractivity contribution is 6.33. The van der Waals surface area contributed by atoms with Crippen LogP contribution in [0.25, 0.3) is 0 Å². The fourth-order valence-corrected chi connectivity index (χ4v) is 3.85. The minimum atomic E-state index is -0.287. The highest BCUT2D eigenvalue weighted by Gasteiger charge is 2.25. The van der Waals surface area contributed by atoms with Gasteiger partial charge < -0.3 is 15.5 Å². The first kappa shape index (κ1) is 23.0. The van der Waals surface area contributed by atoms with Gasteiger partial charge in [-0.15, -0.1) is 0 Å². The van der Waals surface area contributed by atoms with Crippen molar-refractivity contribution < 1.29 is 14.0 Å². The Kier molecular flexibility index (Phi) is 7.87. The molecule has 1 aliphatic heterocycles. The van der Waals surface area contributed by atoms with Crippen molar-refractivity contribution in [2.24, 2.45) is 0 Å². The van der Waals surface area contributed by atoms with E-state index < -0.39 is 0 Å². The molecule has 1 saturated heterocycles. The Hall–Kier alpha value is -2.64. The van der Waals surface area contributed by atoms with Gasteiger partial charge in [0.15, 0.2) is 0 Å². The topological polar surface area (TPSA) is 64.7 Å². The predicted molar refractivity (Wildman–Crippen MR) is 122 cm³/mol. The SMILES string of the molecule is Cc1ccc(NC(=O)CCNC(=O)C(C)N2CCN(c3ccc(F)cc3)CC2)c(Cl)c1. The zero-order chi connectivity index (χ0) is 22.4. The number of amides is 2. The normalized spacial score (nSPS) is 15.4. The number of carbonyl (C=O) groups is 2. The van der Waals surface area contributed by atoms with E-state index in [4.69, 9.17) is 11.6 Å². The number of nitrogens with one attached hydrogen (secondary N) is 2. The van der Waals surface area contributed by atoms with E-state index in [-0.39, 0.29) is 36.6 Å². The molecule has 1 aliphatic rings. The van der Waals surface area contributed by atoms with E-state index >= 15 is 0 Å². The van der Waals surface area contributed by atoms with Gasteiger partial charge in [0.25, 0.3) is 0 Å². The summed E-state index contributed by atoms with van der Waals surface area (Å²) in [7, 11) is 0. The second kappa shape index (κ2) is 10.6. The molecule has 1 heterocycles. The summed E-state index contributed by atoms with van der Waals surface area (Å²) in [5.41, 5.74) is 2.57. The first-order valence-electron chi connectivity index (χ1n) is 10.4. The molecule has 2 amide bonds. The molecule has 31 heavy (non-hydrogen) atoms. The van der Waals surface area contributed by atoms with Crippen molar-refractivity contribution in [2.75, 3.05) is 42.9 Å². The lowest BCUT2D eigenvalue weighted by atomic mass is 10.2. The fourth-order valence-electron chi connectivity index (χ4n) is 3.57. The maximum atomic E-state index is 13.1. The van der Waals surface area contributed by atoms with Crippen LogP contribution < -0.4 is 15.5 Å². The summed E-state index contributed by atoms with van der Waals surface area (Å²) in [5.74, 6) is -0.550. The predicted octanol–water partition coefficient (Wildman–Crippen LogP) is 3.44. The summed E-state index contributed by atoms with van der Waals surface area (Å²) in [6.45, 7) is 7.06. The lowest BCUT2D eigenvalue weighted by Crippen LogP contribution is -2.54. The Morgan fingerprint density at radius 3 is 2.42 bits per heavy atom. The molecule has 2 aromatic rings.